The Labute approximate surface area is 136 Å². The molecular weight excluding hydrogens is 351 g/mol. The molecule has 0 aliphatic heterocycles. The van der Waals surface area contributed by atoms with Crippen molar-refractivity contribution in [1.29, 1.82) is 0 Å². The molecule has 0 saturated heterocycles. The van der Waals surface area contributed by atoms with Crippen molar-refractivity contribution >= 4 is 21.7 Å². The van der Waals surface area contributed by atoms with Gasteiger partial charge in [-0.3, -0.25) is 0 Å². The molecule has 0 amide bonds. The highest BCUT2D eigenvalue weighted by Gasteiger charge is 2.31. The van der Waals surface area contributed by atoms with E-state index >= 15 is 0 Å². The highest BCUT2D eigenvalue weighted by molar-refractivity contribution is 7.18. The van der Waals surface area contributed by atoms with Gasteiger partial charge in [-0.2, -0.15) is 13.2 Å². The van der Waals surface area contributed by atoms with E-state index in [9.17, 15) is 22.0 Å². The molecule has 9 heteroatoms. The number of aromatic nitrogens is 2. The number of halogens is 5. The minimum Gasteiger partial charge on any atom is -0.483 e. The first-order chi connectivity index (χ1) is 11.3. The Morgan fingerprint density at radius 2 is 1.96 bits per heavy atom. The number of alkyl halides is 3. The predicted octanol–water partition coefficient (Wildman–Crippen LogP) is 4.88. The minimum absolute atomic E-state index is 0.0872. The lowest BCUT2D eigenvalue weighted by Crippen LogP contribution is -2.04. The van der Waals surface area contributed by atoms with Gasteiger partial charge in [0.05, 0.1) is 5.56 Å². The normalized spacial score (nSPS) is 11.9. The molecule has 1 aromatic carbocycles. The molecule has 0 fully saturated rings. The molecule has 0 unspecified atom stereocenters. The second kappa shape index (κ2) is 5.97. The SMILES string of the molecule is Cc1c(F)ccc(OCc2nc3cc(C(F)(F)F)cnc3s2)c1F. The lowest BCUT2D eigenvalue weighted by Gasteiger charge is -2.07. The second-order valence-corrected chi connectivity index (χ2v) is 5.99. The summed E-state index contributed by atoms with van der Waals surface area (Å²) in [5.74, 6) is -1.67. The van der Waals surface area contributed by atoms with Crippen LogP contribution < -0.4 is 4.74 Å². The Bertz CT molecular complexity index is 907. The van der Waals surface area contributed by atoms with Crippen molar-refractivity contribution in [1.82, 2.24) is 9.97 Å². The van der Waals surface area contributed by atoms with E-state index < -0.39 is 23.4 Å². The van der Waals surface area contributed by atoms with Crippen LogP contribution in [0.25, 0.3) is 10.3 Å². The molecule has 24 heavy (non-hydrogen) atoms. The topological polar surface area (TPSA) is 35.0 Å². The molecule has 0 aliphatic rings. The Balaban J connectivity index is 1.82. The van der Waals surface area contributed by atoms with Gasteiger partial charge in [0, 0.05) is 11.8 Å². The van der Waals surface area contributed by atoms with E-state index in [1.54, 1.807) is 0 Å². The van der Waals surface area contributed by atoms with E-state index in [2.05, 4.69) is 9.97 Å². The number of ether oxygens (including phenoxy) is 1. The van der Waals surface area contributed by atoms with Crippen molar-refractivity contribution in [2.45, 2.75) is 19.7 Å². The first kappa shape index (κ1) is 16.6. The summed E-state index contributed by atoms with van der Waals surface area (Å²) in [7, 11) is 0. The highest BCUT2D eigenvalue weighted by Crippen LogP contribution is 2.32. The second-order valence-electron chi connectivity index (χ2n) is 4.93. The Morgan fingerprint density at radius 3 is 2.67 bits per heavy atom. The molecule has 0 N–H and O–H groups in total. The largest absolute Gasteiger partial charge is 0.483 e. The molecule has 3 aromatic rings. The van der Waals surface area contributed by atoms with Crippen molar-refractivity contribution in [3.05, 3.63) is 52.2 Å². The maximum Gasteiger partial charge on any atom is 0.417 e. The van der Waals surface area contributed by atoms with Crippen LogP contribution in [-0.4, -0.2) is 9.97 Å². The summed E-state index contributed by atoms with van der Waals surface area (Å²) in [6.45, 7) is 1.11. The minimum atomic E-state index is -4.50. The van der Waals surface area contributed by atoms with Crippen molar-refractivity contribution in [3.63, 3.8) is 0 Å². The van der Waals surface area contributed by atoms with Crippen LogP contribution in [-0.2, 0) is 12.8 Å². The lowest BCUT2D eigenvalue weighted by molar-refractivity contribution is -0.137. The van der Waals surface area contributed by atoms with Gasteiger partial charge < -0.3 is 4.74 Å². The average molecular weight is 360 g/mol. The van der Waals surface area contributed by atoms with E-state index in [1.165, 1.54) is 6.92 Å². The maximum atomic E-state index is 13.8. The fraction of sp³-hybridized carbons (Fsp3) is 0.200. The third-order valence-electron chi connectivity index (χ3n) is 3.26. The smallest absolute Gasteiger partial charge is 0.417 e. The molecule has 3 nitrogen and oxygen atoms in total. The number of fused-ring (bicyclic) bond motifs is 1. The highest BCUT2D eigenvalue weighted by atomic mass is 32.1. The molecule has 0 spiro atoms. The number of thiazole rings is 1. The Hall–Kier alpha value is -2.29. The van der Waals surface area contributed by atoms with Crippen LogP contribution in [0.3, 0.4) is 0 Å². The molecular formula is C15H9F5N2OS. The van der Waals surface area contributed by atoms with Crippen molar-refractivity contribution in [2.75, 3.05) is 0 Å². The quantitative estimate of drug-likeness (QED) is 0.625. The van der Waals surface area contributed by atoms with Gasteiger partial charge in [-0.25, -0.2) is 18.7 Å². The van der Waals surface area contributed by atoms with Gasteiger partial charge in [0.1, 0.15) is 27.8 Å². The molecule has 2 aromatic heterocycles. The molecule has 0 bridgehead atoms. The first-order valence-corrected chi connectivity index (χ1v) is 7.47. The van der Waals surface area contributed by atoms with E-state index in [0.29, 0.717) is 9.84 Å². The van der Waals surface area contributed by atoms with Gasteiger partial charge in [-0.1, -0.05) is 11.3 Å². The fourth-order valence-corrected chi connectivity index (χ4v) is 2.77. The molecule has 126 valence electrons. The number of hydrogen-bond donors (Lipinski definition) is 0. The number of nitrogens with zero attached hydrogens (tertiary/aromatic N) is 2. The third-order valence-corrected chi connectivity index (χ3v) is 4.21. The Morgan fingerprint density at radius 1 is 1.21 bits per heavy atom. The summed E-state index contributed by atoms with van der Waals surface area (Å²) in [4.78, 5) is 8.05. The van der Waals surface area contributed by atoms with Crippen LogP contribution in [0.2, 0.25) is 0 Å². The van der Waals surface area contributed by atoms with Crippen LogP contribution in [0.15, 0.2) is 24.4 Å². The van der Waals surface area contributed by atoms with Crippen molar-refractivity contribution < 1.29 is 26.7 Å². The van der Waals surface area contributed by atoms with Gasteiger partial charge in [-0.05, 0) is 25.1 Å². The summed E-state index contributed by atoms with van der Waals surface area (Å²) < 4.78 is 70.2. The van der Waals surface area contributed by atoms with E-state index in [4.69, 9.17) is 4.74 Å². The van der Waals surface area contributed by atoms with Crippen LogP contribution >= 0.6 is 11.3 Å². The van der Waals surface area contributed by atoms with E-state index in [1.807, 2.05) is 0 Å². The number of hydrogen-bond acceptors (Lipinski definition) is 4. The Kier molecular flexibility index (Phi) is 4.12. The average Bonchev–Trinajstić information content (AvgIpc) is 2.93. The van der Waals surface area contributed by atoms with Crippen LogP contribution in [0.1, 0.15) is 16.1 Å². The fourth-order valence-electron chi connectivity index (χ4n) is 1.97. The van der Waals surface area contributed by atoms with Crippen LogP contribution in [0, 0.1) is 18.6 Å². The molecule has 0 radical (unpaired) electrons. The van der Waals surface area contributed by atoms with Gasteiger partial charge in [0.2, 0.25) is 0 Å². The monoisotopic (exact) mass is 360 g/mol. The standard InChI is InChI=1S/C15H9F5N2OS/c1-7-9(16)2-3-11(13(7)17)23-6-12-22-10-4-8(15(18,19)20)5-21-14(10)24-12/h2-5H,6H2,1H3. The maximum absolute atomic E-state index is 13.8. The zero-order valence-corrected chi connectivity index (χ0v) is 12.9. The summed E-state index contributed by atoms with van der Waals surface area (Å²) in [6, 6.07) is 3.11. The van der Waals surface area contributed by atoms with Gasteiger partial charge in [0.25, 0.3) is 0 Å². The predicted molar refractivity (Wildman–Crippen MR) is 77.8 cm³/mol. The molecule has 3 rings (SSSR count). The molecule has 0 atom stereocenters. The number of rotatable bonds is 3. The zero-order valence-electron chi connectivity index (χ0n) is 12.1. The van der Waals surface area contributed by atoms with Gasteiger partial charge in [0.15, 0.2) is 11.6 Å². The van der Waals surface area contributed by atoms with Crippen LogP contribution in [0.5, 0.6) is 5.75 Å². The third kappa shape index (κ3) is 3.16. The summed E-state index contributed by atoms with van der Waals surface area (Å²) >= 11 is 1.04. The summed E-state index contributed by atoms with van der Waals surface area (Å²) in [5.41, 5.74) is -0.981. The van der Waals surface area contributed by atoms with Crippen molar-refractivity contribution in [2.24, 2.45) is 0 Å². The first-order valence-electron chi connectivity index (χ1n) is 6.66. The number of pyridine rings is 1. The van der Waals surface area contributed by atoms with E-state index in [-0.39, 0.29) is 23.4 Å². The van der Waals surface area contributed by atoms with Crippen LogP contribution in [0.4, 0.5) is 22.0 Å². The number of benzene rings is 1. The lowest BCUT2D eigenvalue weighted by atomic mass is 10.2. The molecule has 2 heterocycles. The van der Waals surface area contributed by atoms with Gasteiger partial charge in [-0.15, -0.1) is 0 Å². The van der Waals surface area contributed by atoms with Crippen molar-refractivity contribution in [3.8, 4) is 5.75 Å². The summed E-state index contributed by atoms with van der Waals surface area (Å²) in [5, 5.41) is 0.332. The zero-order chi connectivity index (χ0) is 17.5. The summed E-state index contributed by atoms with van der Waals surface area (Å²) in [6.07, 6.45) is -3.77. The van der Waals surface area contributed by atoms with Gasteiger partial charge >= 0.3 is 6.18 Å². The van der Waals surface area contributed by atoms with E-state index in [0.717, 1.165) is 35.7 Å². The molecule has 0 saturated carbocycles. The molecule has 0 aliphatic carbocycles.